The first kappa shape index (κ1) is 23.8. The van der Waals surface area contributed by atoms with Crippen LogP contribution in [0.2, 0.25) is 0 Å². The van der Waals surface area contributed by atoms with Crippen molar-refractivity contribution >= 4 is 51.2 Å². The number of carbonyl (C=O) groups excluding carboxylic acids is 3. The van der Waals surface area contributed by atoms with Gasteiger partial charge in [-0.1, -0.05) is 24.3 Å². The Bertz CT molecular complexity index is 1410. The van der Waals surface area contributed by atoms with Gasteiger partial charge in [0, 0.05) is 12.1 Å². The van der Waals surface area contributed by atoms with Crippen LogP contribution in [0.5, 0.6) is 5.75 Å². The molecule has 11 heteroatoms. The summed E-state index contributed by atoms with van der Waals surface area (Å²) in [6.07, 6.45) is 1.29. The number of nitrogens with one attached hydrogen (secondary N) is 1. The Morgan fingerprint density at radius 1 is 1.06 bits per heavy atom. The summed E-state index contributed by atoms with van der Waals surface area (Å²) >= 11 is 3.37. The SMILES string of the molecule is O=C1NC(=O)N(c2cccc([N+](=O)[O-])c2)C(=O)/C1=C/c1ccc(OCc2cccc(F)c2)c(Br)c1. The number of imide groups is 2. The fourth-order valence-corrected chi connectivity index (χ4v) is 3.83. The number of nitro groups is 1. The average Bonchev–Trinajstić information content (AvgIpc) is 2.81. The van der Waals surface area contributed by atoms with Crippen molar-refractivity contribution in [1.29, 1.82) is 0 Å². The first-order valence-electron chi connectivity index (χ1n) is 10.1. The molecular formula is C24H15BrFN3O6. The minimum Gasteiger partial charge on any atom is -0.488 e. The lowest BCUT2D eigenvalue weighted by Gasteiger charge is -2.26. The van der Waals surface area contributed by atoms with E-state index in [-0.39, 0.29) is 29.4 Å². The molecule has 4 rings (SSSR count). The summed E-state index contributed by atoms with van der Waals surface area (Å²) in [6, 6.07) is 14.7. The molecule has 0 spiro atoms. The number of barbiturate groups is 1. The van der Waals surface area contributed by atoms with Gasteiger partial charge in [0.15, 0.2) is 0 Å². The van der Waals surface area contributed by atoms with E-state index in [1.807, 2.05) is 0 Å². The number of hydrogen-bond acceptors (Lipinski definition) is 6. The first-order valence-corrected chi connectivity index (χ1v) is 10.8. The molecule has 0 aromatic heterocycles. The molecule has 0 aliphatic carbocycles. The number of amides is 4. The normalized spacial score (nSPS) is 14.7. The molecule has 0 radical (unpaired) electrons. The van der Waals surface area contributed by atoms with E-state index in [2.05, 4.69) is 21.2 Å². The van der Waals surface area contributed by atoms with E-state index in [9.17, 15) is 28.9 Å². The van der Waals surface area contributed by atoms with Gasteiger partial charge in [-0.3, -0.25) is 25.0 Å². The summed E-state index contributed by atoms with van der Waals surface area (Å²) in [6.45, 7) is 0.123. The zero-order valence-electron chi connectivity index (χ0n) is 17.7. The number of hydrogen-bond donors (Lipinski definition) is 1. The zero-order valence-corrected chi connectivity index (χ0v) is 19.3. The summed E-state index contributed by atoms with van der Waals surface area (Å²) in [4.78, 5) is 48.8. The molecule has 1 aliphatic rings. The maximum Gasteiger partial charge on any atom is 0.335 e. The Morgan fingerprint density at radius 3 is 2.54 bits per heavy atom. The third-order valence-corrected chi connectivity index (χ3v) is 5.57. The van der Waals surface area contributed by atoms with E-state index < -0.39 is 22.8 Å². The van der Waals surface area contributed by atoms with Crippen molar-refractivity contribution in [3.63, 3.8) is 0 Å². The van der Waals surface area contributed by atoms with Crippen LogP contribution < -0.4 is 15.0 Å². The van der Waals surface area contributed by atoms with Crippen molar-refractivity contribution in [2.75, 3.05) is 4.90 Å². The van der Waals surface area contributed by atoms with Crippen LogP contribution in [-0.4, -0.2) is 22.8 Å². The van der Waals surface area contributed by atoms with Gasteiger partial charge >= 0.3 is 6.03 Å². The molecule has 1 fully saturated rings. The minimum absolute atomic E-state index is 0.0534. The fraction of sp³-hybridized carbons (Fsp3) is 0.0417. The van der Waals surface area contributed by atoms with Crippen LogP contribution in [0.3, 0.4) is 0 Å². The Balaban J connectivity index is 1.58. The molecule has 1 aliphatic heterocycles. The van der Waals surface area contributed by atoms with E-state index in [0.29, 0.717) is 26.2 Å². The molecule has 35 heavy (non-hydrogen) atoms. The third kappa shape index (κ3) is 5.25. The summed E-state index contributed by atoms with van der Waals surface area (Å²) < 4.78 is 19.5. The first-order chi connectivity index (χ1) is 16.7. The van der Waals surface area contributed by atoms with Crippen molar-refractivity contribution < 1.29 is 28.4 Å². The molecule has 1 N–H and O–H groups in total. The summed E-state index contributed by atoms with van der Waals surface area (Å²) in [5, 5.41) is 13.1. The monoisotopic (exact) mass is 539 g/mol. The van der Waals surface area contributed by atoms with Crippen LogP contribution in [0.15, 0.2) is 76.8 Å². The standard InChI is InChI=1S/C24H15BrFN3O6/c25-20-11-14(7-8-21(20)35-13-15-3-1-4-16(26)9-15)10-19-22(30)27-24(32)28(23(19)31)17-5-2-6-18(12-17)29(33)34/h1-12H,13H2,(H,27,30,32)/b19-10+. The predicted molar refractivity (Wildman–Crippen MR) is 127 cm³/mol. The lowest BCUT2D eigenvalue weighted by Crippen LogP contribution is -2.54. The van der Waals surface area contributed by atoms with Crippen LogP contribution in [0.25, 0.3) is 6.08 Å². The molecule has 0 atom stereocenters. The topological polar surface area (TPSA) is 119 Å². The molecule has 3 aromatic rings. The smallest absolute Gasteiger partial charge is 0.335 e. The van der Waals surface area contributed by atoms with Gasteiger partial charge in [-0.15, -0.1) is 0 Å². The van der Waals surface area contributed by atoms with Crippen molar-refractivity contribution in [1.82, 2.24) is 5.32 Å². The lowest BCUT2D eigenvalue weighted by molar-refractivity contribution is -0.384. The number of carbonyl (C=O) groups is 3. The molecule has 4 amide bonds. The Labute approximate surface area is 206 Å². The number of nitrogens with zero attached hydrogens (tertiary/aromatic N) is 2. The lowest BCUT2D eigenvalue weighted by atomic mass is 10.1. The number of anilines is 1. The van der Waals surface area contributed by atoms with Gasteiger partial charge < -0.3 is 4.74 Å². The van der Waals surface area contributed by atoms with Gasteiger partial charge in [0.25, 0.3) is 17.5 Å². The molecule has 1 heterocycles. The second-order valence-corrected chi connectivity index (χ2v) is 8.20. The Kier molecular flexibility index (Phi) is 6.69. The predicted octanol–water partition coefficient (Wildman–Crippen LogP) is 4.74. The van der Waals surface area contributed by atoms with E-state index in [1.54, 1.807) is 30.3 Å². The highest BCUT2D eigenvalue weighted by molar-refractivity contribution is 9.10. The molecule has 0 unspecified atom stereocenters. The van der Waals surface area contributed by atoms with Gasteiger partial charge in [-0.25, -0.2) is 14.1 Å². The minimum atomic E-state index is -1.01. The molecular weight excluding hydrogens is 525 g/mol. The molecule has 176 valence electrons. The van der Waals surface area contributed by atoms with Crippen LogP contribution in [0.4, 0.5) is 20.6 Å². The molecule has 9 nitrogen and oxygen atoms in total. The quantitative estimate of drug-likeness (QED) is 0.209. The third-order valence-electron chi connectivity index (χ3n) is 4.95. The van der Waals surface area contributed by atoms with Crippen molar-refractivity contribution in [2.24, 2.45) is 0 Å². The highest BCUT2D eigenvalue weighted by Crippen LogP contribution is 2.29. The molecule has 3 aromatic carbocycles. The van der Waals surface area contributed by atoms with Crippen LogP contribution in [0, 0.1) is 15.9 Å². The van der Waals surface area contributed by atoms with Crippen molar-refractivity contribution in [3.05, 3.63) is 104 Å². The Morgan fingerprint density at radius 2 is 1.83 bits per heavy atom. The number of benzene rings is 3. The largest absolute Gasteiger partial charge is 0.488 e. The van der Waals surface area contributed by atoms with E-state index in [1.165, 1.54) is 36.4 Å². The highest BCUT2D eigenvalue weighted by atomic mass is 79.9. The summed E-state index contributed by atoms with van der Waals surface area (Å²) in [5.74, 6) is -1.75. The average molecular weight is 540 g/mol. The number of ether oxygens (including phenoxy) is 1. The van der Waals surface area contributed by atoms with Crippen LogP contribution in [0.1, 0.15) is 11.1 Å². The summed E-state index contributed by atoms with van der Waals surface area (Å²) in [5.41, 5.74) is 0.377. The van der Waals surface area contributed by atoms with Gasteiger partial charge in [0.2, 0.25) is 0 Å². The van der Waals surface area contributed by atoms with Crippen LogP contribution >= 0.6 is 15.9 Å². The molecule has 0 bridgehead atoms. The maximum atomic E-state index is 13.3. The molecule has 1 saturated heterocycles. The summed E-state index contributed by atoms with van der Waals surface area (Å²) in [7, 11) is 0. The van der Waals surface area contributed by atoms with Gasteiger partial charge in [0.1, 0.15) is 23.7 Å². The van der Waals surface area contributed by atoms with E-state index in [0.717, 1.165) is 6.07 Å². The van der Waals surface area contributed by atoms with E-state index >= 15 is 0 Å². The number of urea groups is 1. The van der Waals surface area contributed by atoms with Gasteiger partial charge in [-0.2, -0.15) is 0 Å². The van der Waals surface area contributed by atoms with Gasteiger partial charge in [0.05, 0.1) is 15.1 Å². The molecule has 0 saturated carbocycles. The van der Waals surface area contributed by atoms with Crippen molar-refractivity contribution in [2.45, 2.75) is 6.61 Å². The van der Waals surface area contributed by atoms with Gasteiger partial charge in [-0.05, 0) is 63.5 Å². The Hall–Kier alpha value is -4.38. The number of rotatable bonds is 6. The van der Waals surface area contributed by atoms with Crippen molar-refractivity contribution in [3.8, 4) is 5.75 Å². The second kappa shape index (κ2) is 9.85. The fourth-order valence-electron chi connectivity index (χ4n) is 3.32. The van der Waals surface area contributed by atoms with E-state index in [4.69, 9.17) is 4.74 Å². The van der Waals surface area contributed by atoms with Crippen LogP contribution in [-0.2, 0) is 16.2 Å². The number of nitro benzene ring substituents is 1. The maximum absolute atomic E-state index is 13.3. The number of non-ortho nitro benzene ring substituents is 1. The second-order valence-electron chi connectivity index (χ2n) is 7.34. The number of halogens is 2. The zero-order chi connectivity index (χ0) is 25.1. The highest BCUT2D eigenvalue weighted by Gasteiger charge is 2.37.